The zero-order chi connectivity index (χ0) is 13.6. The van der Waals surface area contributed by atoms with Crippen LogP contribution >= 0.6 is 0 Å². The normalized spacial score (nSPS) is 14.4. The molecule has 0 fully saturated rings. The lowest BCUT2D eigenvalue weighted by molar-refractivity contribution is -0.154. The van der Waals surface area contributed by atoms with Gasteiger partial charge in [0.05, 0.1) is 0 Å². The van der Waals surface area contributed by atoms with Crippen LogP contribution in [0.25, 0.3) is 6.08 Å². The number of para-hydroxylation sites is 1. The van der Waals surface area contributed by atoms with Crippen molar-refractivity contribution in [3.8, 4) is 5.75 Å². The molecule has 1 N–H and O–H groups in total. The third-order valence-electron chi connectivity index (χ3n) is 2.78. The van der Waals surface area contributed by atoms with Crippen molar-refractivity contribution in [1.82, 2.24) is 0 Å². The van der Waals surface area contributed by atoms with Gasteiger partial charge in [-0.3, -0.25) is 0 Å². The number of carbonyl (C=O) groups is 1. The highest BCUT2D eigenvalue weighted by Crippen LogP contribution is 2.27. The van der Waals surface area contributed by atoms with Crippen molar-refractivity contribution in [2.75, 3.05) is 0 Å². The highest BCUT2D eigenvalue weighted by atomic mass is 16.5. The standard InChI is InChI=1S/C15H20O3/c1-4-8-12-9-6-7-10-13(12)18-15(3,11-5-2)14(16)17/h4,6-10H,5,11H2,1-3H3,(H,16,17)/b8-4+. The van der Waals surface area contributed by atoms with E-state index in [-0.39, 0.29) is 0 Å². The second-order valence-corrected chi connectivity index (χ2v) is 4.43. The van der Waals surface area contributed by atoms with Crippen LogP contribution in [0.2, 0.25) is 0 Å². The van der Waals surface area contributed by atoms with Gasteiger partial charge >= 0.3 is 5.97 Å². The number of rotatable bonds is 6. The average Bonchev–Trinajstić information content (AvgIpc) is 2.32. The number of benzene rings is 1. The van der Waals surface area contributed by atoms with E-state index in [1.54, 1.807) is 13.0 Å². The Balaban J connectivity index is 3.04. The van der Waals surface area contributed by atoms with Crippen LogP contribution in [0.5, 0.6) is 5.75 Å². The average molecular weight is 248 g/mol. The summed E-state index contributed by atoms with van der Waals surface area (Å²) < 4.78 is 5.74. The molecular weight excluding hydrogens is 228 g/mol. The van der Waals surface area contributed by atoms with Gasteiger partial charge in [-0.15, -0.1) is 0 Å². The Kier molecular flexibility index (Phi) is 4.95. The minimum Gasteiger partial charge on any atom is -0.478 e. The van der Waals surface area contributed by atoms with Crippen molar-refractivity contribution in [1.29, 1.82) is 0 Å². The Morgan fingerprint density at radius 2 is 2.11 bits per heavy atom. The van der Waals surface area contributed by atoms with Crippen LogP contribution < -0.4 is 4.74 Å². The predicted molar refractivity (Wildman–Crippen MR) is 72.7 cm³/mol. The van der Waals surface area contributed by atoms with Crippen LogP contribution in [-0.4, -0.2) is 16.7 Å². The van der Waals surface area contributed by atoms with E-state index < -0.39 is 11.6 Å². The maximum Gasteiger partial charge on any atom is 0.347 e. The molecule has 0 saturated carbocycles. The van der Waals surface area contributed by atoms with Crippen LogP contribution in [0.15, 0.2) is 30.3 Å². The van der Waals surface area contributed by atoms with Crippen molar-refractivity contribution in [2.24, 2.45) is 0 Å². The fourth-order valence-electron chi connectivity index (χ4n) is 1.81. The lowest BCUT2D eigenvalue weighted by atomic mass is 10.0. The van der Waals surface area contributed by atoms with Crippen LogP contribution in [0.4, 0.5) is 0 Å². The van der Waals surface area contributed by atoms with Gasteiger partial charge in [0.1, 0.15) is 5.75 Å². The van der Waals surface area contributed by atoms with E-state index >= 15 is 0 Å². The maximum absolute atomic E-state index is 11.3. The molecular formula is C15H20O3. The van der Waals surface area contributed by atoms with E-state index in [1.807, 2.05) is 44.2 Å². The molecule has 0 aliphatic rings. The number of ether oxygens (including phenoxy) is 1. The number of allylic oxidation sites excluding steroid dienone is 1. The minimum absolute atomic E-state index is 0.479. The Labute approximate surface area is 108 Å². The van der Waals surface area contributed by atoms with Gasteiger partial charge in [-0.05, 0) is 26.3 Å². The van der Waals surface area contributed by atoms with E-state index in [1.165, 1.54) is 0 Å². The van der Waals surface area contributed by atoms with Crippen LogP contribution in [-0.2, 0) is 4.79 Å². The third kappa shape index (κ3) is 3.36. The number of aliphatic carboxylic acids is 1. The Morgan fingerprint density at radius 1 is 1.44 bits per heavy atom. The maximum atomic E-state index is 11.3. The summed E-state index contributed by atoms with van der Waals surface area (Å²) in [6, 6.07) is 7.45. The number of carboxylic acids is 1. The topological polar surface area (TPSA) is 46.5 Å². The molecule has 3 heteroatoms. The molecule has 3 nitrogen and oxygen atoms in total. The molecule has 18 heavy (non-hydrogen) atoms. The van der Waals surface area contributed by atoms with Gasteiger partial charge in [0, 0.05) is 5.56 Å². The second kappa shape index (κ2) is 6.24. The summed E-state index contributed by atoms with van der Waals surface area (Å²) in [4.78, 5) is 11.3. The van der Waals surface area contributed by atoms with Gasteiger partial charge in [-0.1, -0.05) is 43.7 Å². The van der Waals surface area contributed by atoms with Crippen LogP contribution in [0.1, 0.15) is 39.2 Å². The van der Waals surface area contributed by atoms with Crippen LogP contribution in [0.3, 0.4) is 0 Å². The van der Waals surface area contributed by atoms with Crippen molar-refractivity contribution < 1.29 is 14.6 Å². The summed E-state index contributed by atoms with van der Waals surface area (Å²) in [5, 5.41) is 9.30. The van der Waals surface area contributed by atoms with Crippen LogP contribution in [0, 0.1) is 0 Å². The molecule has 0 heterocycles. The summed E-state index contributed by atoms with van der Waals surface area (Å²) >= 11 is 0. The number of hydrogen-bond acceptors (Lipinski definition) is 2. The first-order valence-electron chi connectivity index (χ1n) is 6.17. The van der Waals surface area contributed by atoms with Gasteiger partial charge in [0.25, 0.3) is 0 Å². The summed E-state index contributed by atoms with van der Waals surface area (Å²) in [5.41, 5.74) is -0.282. The second-order valence-electron chi connectivity index (χ2n) is 4.43. The highest BCUT2D eigenvalue weighted by Gasteiger charge is 2.34. The Morgan fingerprint density at radius 3 is 2.67 bits per heavy atom. The Bertz CT molecular complexity index is 437. The van der Waals surface area contributed by atoms with Gasteiger partial charge in [-0.2, -0.15) is 0 Å². The van der Waals surface area contributed by atoms with Crippen molar-refractivity contribution >= 4 is 12.0 Å². The van der Waals surface area contributed by atoms with Gasteiger partial charge < -0.3 is 9.84 Å². The fraction of sp³-hybridized carbons (Fsp3) is 0.400. The number of hydrogen-bond donors (Lipinski definition) is 1. The summed E-state index contributed by atoms with van der Waals surface area (Å²) in [6.45, 7) is 5.48. The molecule has 0 amide bonds. The SMILES string of the molecule is C/C=C/c1ccccc1OC(C)(CCC)C(=O)O. The zero-order valence-corrected chi connectivity index (χ0v) is 11.1. The van der Waals surface area contributed by atoms with Gasteiger partial charge in [0.15, 0.2) is 0 Å². The minimum atomic E-state index is -1.17. The molecule has 1 rings (SSSR count). The van der Waals surface area contributed by atoms with E-state index in [2.05, 4.69) is 0 Å². The quantitative estimate of drug-likeness (QED) is 0.834. The van der Waals surface area contributed by atoms with Gasteiger partial charge in [-0.25, -0.2) is 4.79 Å². The molecule has 0 aromatic heterocycles. The van der Waals surface area contributed by atoms with E-state index in [0.29, 0.717) is 12.2 Å². The molecule has 0 aliphatic heterocycles. The highest BCUT2D eigenvalue weighted by molar-refractivity contribution is 5.77. The smallest absolute Gasteiger partial charge is 0.347 e. The molecule has 0 radical (unpaired) electrons. The lowest BCUT2D eigenvalue weighted by Gasteiger charge is -2.26. The summed E-state index contributed by atoms with van der Waals surface area (Å²) in [6.07, 6.45) is 5.05. The van der Waals surface area contributed by atoms with Gasteiger partial charge in [0.2, 0.25) is 5.60 Å². The molecule has 0 saturated heterocycles. The summed E-state index contributed by atoms with van der Waals surface area (Å²) in [5.74, 6) is -0.325. The molecule has 0 spiro atoms. The largest absolute Gasteiger partial charge is 0.478 e. The number of carboxylic acid groups (broad SMARTS) is 1. The first-order valence-corrected chi connectivity index (χ1v) is 6.17. The molecule has 0 aliphatic carbocycles. The molecule has 1 atom stereocenters. The molecule has 0 bridgehead atoms. The molecule has 98 valence electrons. The van der Waals surface area contributed by atoms with E-state index in [9.17, 15) is 9.90 Å². The molecule has 1 unspecified atom stereocenters. The van der Waals surface area contributed by atoms with E-state index in [4.69, 9.17) is 4.74 Å². The third-order valence-corrected chi connectivity index (χ3v) is 2.78. The molecule has 1 aromatic rings. The lowest BCUT2D eigenvalue weighted by Crippen LogP contribution is -2.41. The Hall–Kier alpha value is -1.77. The predicted octanol–water partition coefficient (Wildman–Crippen LogP) is 3.74. The zero-order valence-electron chi connectivity index (χ0n) is 11.1. The van der Waals surface area contributed by atoms with E-state index in [0.717, 1.165) is 12.0 Å². The first kappa shape index (κ1) is 14.3. The monoisotopic (exact) mass is 248 g/mol. The first-order chi connectivity index (χ1) is 8.53. The summed E-state index contributed by atoms with van der Waals surface area (Å²) in [7, 11) is 0. The van der Waals surface area contributed by atoms with Crippen molar-refractivity contribution in [3.63, 3.8) is 0 Å². The fourth-order valence-corrected chi connectivity index (χ4v) is 1.81. The van der Waals surface area contributed by atoms with Crippen molar-refractivity contribution in [2.45, 2.75) is 39.2 Å². The molecule has 1 aromatic carbocycles. The van der Waals surface area contributed by atoms with Crippen molar-refractivity contribution in [3.05, 3.63) is 35.9 Å².